The van der Waals surface area contributed by atoms with E-state index in [9.17, 15) is 24.6 Å². The van der Waals surface area contributed by atoms with E-state index in [1.165, 1.54) is 16.7 Å². The number of aliphatic hydroxyl groups excluding tert-OH is 1. The van der Waals surface area contributed by atoms with Crippen LogP contribution in [0.1, 0.15) is 24.1 Å². The van der Waals surface area contributed by atoms with Gasteiger partial charge in [0.15, 0.2) is 17.9 Å². The number of aromatic nitrogens is 3. The van der Waals surface area contributed by atoms with Crippen molar-refractivity contribution in [3.8, 4) is 0 Å². The van der Waals surface area contributed by atoms with Gasteiger partial charge in [0.1, 0.15) is 35.5 Å². The Balaban J connectivity index is 1.34. The predicted molar refractivity (Wildman–Crippen MR) is 138 cm³/mol. The number of aryl methyl sites for hydroxylation is 1. The average Bonchev–Trinajstić information content (AvgIpc) is 3.64. The van der Waals surface area contributed by atoms with Crippen molar-refractivity contribution in [1.82, 2.24) is 19.9 Å². The van der Waals surface area contributed by atoms with Gasteiger partial charge in [0.05, 0.1) is 18.4 Å². The van der Waals surface area contributed by atoms with Crippen LogP contribution in [0.3, 0.4) is 0 Å². The number of β-lactam (4-membered cyclic amide) rings is 1. The maximum atomic E-state index is 13.2. The molecule has 5 rings (SSSR count). The van der Waals surface area contributed by atoms with Crippen LogP contribution in [-0.2, 0) is 39.4 Å². The quantitative estimate of drug-likeness (QED) is 0.106. The number of nitrogen functional groups attached to an aromatic ring is 1. The van der Waals surface area contributed by atoms with Crippen molar-refractivity contribution in [2.75, 3.05) is 11.5 Å². The molecule has 2 aliphatic heterocycles. The second-order valence-corrected chi connectivity index (χ2v) is 10.9. The van der Waals surface area contributed by atoms with Gasteiger partial charge in [-0.3, -0.25) is 14.5 Å². The fourth-order valence-corrected chi connectivity index (χ4v) is 6.38. The first-order chi connectivity index (χ1) is 18.3. The molecule has 1 aliphatic carbocycles. The number of fused-ring (bicyclic) bond motifs is 1. The van der Waals surface area contributed by atoms with Crippen molar-refractivity contribution < 1.29 is 34.1 Å². The minimum Gasteiger partial charge on any atom is -0.477 e. The van der Waals surface area contributed by atoms with Crippen molar-refractivity contribution in [2.24, 2.45) is 12.2 Å². The summed E-state index contributed by atoms with van der Waals surface area (Å²) in [7, 11) is 1.78. The SMILES string of the molecule is C[n+]1cc(CO)cn1CC1=C(C(=O)O)N2C(=O)[C@@H](NC(=O)C(=NOC3C=CCC3)c3csc(N)n3)[C@H]2SC1. The number of rotatable bonds is 9. The Hall–Kier alpha value is -3.69. The van der Waals surface area contributed by atoms with Crippen LogP contribution in [0.15, 0.2) is 46.4 Å². The Kier molecular flexibility index (Phi) is 7.23. The van der Waals surface area contributed by atoms with E-state index < -0.39 is 29.2 Å². The number of nitrogens with zero attached hydrogens (tertiary/aromatic N) is 5. The van der Waals surface area contributed by atoms with Gasteiger partial charge < -0.3 is 26.1 Å². The predicted octanol–water partition coefficient (Wildman–Crippen LogP) is -0.278. The molecule has 2 aromatic rings. The lowest BCUT2D eigenvalue weighted by Gasteiger charge is -2.49. The first-order valence-electron chi connectivity index (χ1n) is 11.7. The van der Waals surface area contributed by atoms with Crippen molar-refractivity contribution in [1.29, 1.82) is 0 Å². The van der Waals surface area contributed by atoms with E-state index in [4.69, 9.17) is 10.6 Å². The van der Waals surface area contributed by atoms with Crippen molar-refractivity contribution in [3.05, 3.63) is 52.5 Å². The molecule has 1 fully saturated rings. The van der Waals surface area contributed by atoms with Crippen molar-refractivity contribution >= 4 is 51.7 Å². The summed E-state index contributed by atoms with van der Waals surface area (Å²) in [5.74, 6) is -2.08. The minimum atomic E-state index is -1.22. The van der Waals surface area contributed by atoms with Crippen LogP contribution in [0.4, 0.5) is 5.13 Å². The summed E-state index contributed by atoms with van der Waals surface area (Å²) in [5.41, 5.74) is 6.99. The third-order valence-corrected chi connectivity index (χ3v) is 8.39. The molecule has 3 atom stereocenters. The van der Waals surface area contributed by atoms with Gasteiger partial charge in [-0.05, 0) is 24.5 Å². The number of hydrogen-bond acceptors (Lipinski definition) is 10. The molecule has 13 nitrogen and oxygen atoms in total. The van der Waals surface area contributed by atoms with Gasteiger partial charge in [-0.15, -0.1) is 27.8 Å². The Morgan fingerprint density at radius 1 is 1.42 bits per heavy atom. The van der Waals surface area contributed by atoms with Crippen LogP contribution in [0, 0.1) is 0 Å². The van der Waals surface area contributed by atoms with Crippen molar-refractivity contribution in [2.45, 2.75) is 43.5 Å². The van der Waals surface area contributed by atoms with Gasteiger partial charge in [-0.1, -0.05) is 11.2 Å². The van der Waals surface area contributed by atoms with Crippen LogP contribution in [0.2, 0.25) is 0 Å². The van der Waals surface area contributed by atoms with Gasteiger partial charge in [-0.2, -0.15) is 4.68 Å². The number of nitrogens with two attached hydrogens (primary N) is 1. The highest BCUT2D eigenvalue weighted by Gasteiger charge is 2.54. The molecule has 3 aliphatic rings. The monoisotopic (exact) mass is 560 g/mol. The number of nitrogens with one attached hydrogen (secondary N) is 1. The summed E-state index contributed by atoms with van der Waals surface area (Å²) in [6.07, 6.45) is 8.61. The molecule has 2 aromatic heterocycles. The van der Waals surface area contributed by atoms with E-state index in [-0.39, 0.29) is 41.5 Å². The van der Waals surface area contributed by atoms with Crippen LogP contribution >= 0.6 is 23.1 Å². The first-order valence-corrected chi connectivity index (χ1v) is 13.7. The molecule has 1 unspecified atom stereocenters. The third kappa shape index (κ3) is 4.91. The lowest BCUT2D eigenvalue weighted by Crippen LogP contribution is -2.71. The van der Waals surface area contributed by atoms with Gasteiger partial charge in [-0.25, -0.2) is 9.78 Å². The fourth-order valence-electron chi connectivity index (χ4n) is 4.49. The Bertz CT molecular complexity index is 1380. The van der Waals surface area contributed by atoms with Gasteiger partial charge in [0.25, 0.3) is 11.8 Å². The van der Waals surface area contributed by atoms with Crippen LogP contribution in [-0.4, -0.2) is 71.5 Å². The molecule has 2 amide bonds. The van der Waals surface area contributed by atoms with Crippen molar-refractivity contribution in [3.63, 3.8) is 0 Å². The first kappa shape index (κ1) is 25.9. The Morgan fingerprint density at radius 2 is 2.24 bits per heavy atom. The second-order valence-electron chi connectivity index (χ2n) is 8.94. The molecule has 0 radical (unpaired) electrons. The van der Waals surface area contributed by atoms with E-state index in [2.05, 4.69) is 15.5 Å². The Labute approximate surface area is 225 Å². The average molecular weight is 561 g/mol. The number of allylic oxidation sites excluding steroid dienone is 1. The molecule has 1 saturated heterocycles. The zero-order chi connectivity index (χ0) is 27.0. The molecule has 200 valence electrons. The van der Waals surface area contributed by atoms with Gasteiger partial charge in [0.2, 0.25) is 6.20 Å². The van der Waals surface area contributed by atoms with Crippen LogP contribution in [0.5, 0.6) is 0 Å². The van der Waals surface area contributed by atoms with E-state index in [1.54, 1.807) is 34.2 Å². The van der Waals surface area contributed by atoms with E-state index in [0.717, 1.165) is 24.2 Å². The summed E-state index contributed by atoms with van der Waals surface area (Å²) in [6, 6.07) is -0.945. The lowest BCUT2D eigenvalue weighted by molar-refractivity contribution is -0.753. The summed E-state index contributed by atoms with van der Waals surface area (Å²) < 4.78 is 3.50. The summed E-state index contributed by atoms with van der Waals surface area (Å²) >= 11 is 2.50. The normalized spacial score (nSPS) is 22.9. The molecule has 0 aromatic carbocycles. The molecular weight excluding hydrogens is 534 g/mol. The number of carbonyl (C=O) groups excluding carboxylic acids is 2. The number of oxime groups is 1. The second kappa shape index (κ2) is 10.6. The molecule has 0 bridgehead atoms. The molecular formula is C23H26N7O6S2+. The molecule has 4 heterocycles. The number of hydrogen-bond donors (Lipinski definition) is 4. The summed E-state index contributed by atoms with van der Waals surface area (Å²) in [4.78, 5) is 49.4. The molecule has 5 N–H and O–H groups in total. The van der Waals surface area contributed by atoms with E-state index >= 15 is 0 Å². The maximum Gasteiger partial charge on any atom is 0.352 e. The minimum absolute atomic E-state index is 0.0963. The Morgan fingerprint density at radius 3 is 2.87 bits per heavy atom. The maximum absolute atomic E-state index is 13.2. The number of amides is 2. The highest BCUT2D eigenvalue weighted by Crippen LogP contribution is 2.40. The number of anilines is 1. The highest BCUT2D eigenvalue weighted by molar-refractivity contribution is 8.00. The third-order valence-electron chi connectivity index (χ3n) is 6.37. The lowest BCUT2D eigenvalue weighted by atomic mass is 10.0. The summed E-state index contributed by atoms with van der Waals surface area (Å²) in [5, 5.41) is 27.3. The van der Waals surface area contributed by atoms with Gasteiger partial charge in [0, 0.05) is 11.1 Å². The largest absolute Gasteiger partial charge is 0.477 e. The molecule has 0 saturated carbocycles. The number of carboxylic acids is 1. The van der Waals surface area contributed by atoms with E-state index in [1.807, 2.05) is 12.2 Å². The van der Waals surface area contributed by atoms with Crippen LogP contribution in [0.25, 0.3) is 0 Å². The smallest absolute Gasteiger partial charge is 0.352 e. The zero-order valence-corrected chi connectivity index (χ0v) is 21.9. The molecule has 38 heavy (non-hydrogen) atoms. The topological polar surface area (TPSA) is 176 Å². The van der Waals surface area contributed by atoms with Crippen LogP contribution < -0.4 is 15.7 Å². The summed E-state index contributed by atoms with van der Waals surface area (Å²) in [6.45, 7) is 0.0866. The number of thioether (sulfide) groups is 1. The molecule has 15 heteroatoms. The zero-order valence-electron chi connectivity index (χ0n) is 20.3. The standard InChI is InChI=1S/C23H25N7O6S2/c1-28-6-12(9-31)7-29(28)8-13-10-37-21-17(20(33)30(21)18(13)22(34)35)26-19(32)16(15-11-38-23(24)25-15)27-36-14-4-2-3-5-14/h2,4,6-7,11,14,17,21,31H,3,5,8-10H2,1H3,(H3-,24,25,26,32,34,35)/p+1/t14?,17-,21-/m1/s1. The fraction of sp³-hybridized carbons (Fsp3) is 0.391. The number of carbonyl (C=O) groups is 3. The number of aliphatic hydroxyl groups is 1. The number of thiazole rings is 1. The highest BCUT2D eigenvalue weighted by atomic mass is 32.2. The number of carboxylic acid groups (broad SMARTS) is 1. The molecule has 0 spiro atoms. The van der Waals surface area contributed by atoms with Gasteiger partial charge >= 0.3 is 5.97 Å². The number of aliphatic carboxylic acids is 1. The van der Waals surface area contributed by atoms with E-state index in [0.29, 0.717) is 16.9 Å².